The van der Waals surface area contributed by atoms with E-state index in [1.165, 1.54) is 7.11 Å². The topological polar surface area (TPSA) is 126 Å². The number of carbonyl (C=O) groups excluding carboxylic acids is 5. The van der Waals surface area contributed by atoms with Crippen LogP contribution in [0.4, 0.5) is 0 Å². The molecule has 4 rings (SSSR count). The first-order chi connectivity index (χ1) is 17.6. The van der Waals surface area contributed by atoms with E-state index in [1.807, 2.05) is 13.0 Å². The maximum atomic E-state index is 13.9. The van der Waals surface area contributed by atoms with Gasteiger partial charge < -0.3 is 18.6 Å². The zero-order chi connectivity index (χ0) is 26.9. The summed E-state index contributed by atoms with van der Waals surface area (Å²) in [5.41, 5.74) is 0.0727. The van der Waals surface area contributed by atoms with Crippen LogP contribution < -0.4 is 0 Å². The van der Waals surface area contributed by atoms with E-state index in [0.29, 0.717) is 31.4 Å². The van der Waals surface area contributed by atoms with Crippen LogP contribution >= 0.6 is 0 Å². The molecule has 0 N–H and O–H groups in total. The van der Waals surface area contributed by atoms with E-state index in [2.05, 4.69) is 16.6 Å². The number of Topliss-reactive ketones (excluding diaryl/α,β-unsaturated/α-hetero) is 2. The van der Waals surface area contributed by atoms with Gasteiger partial charge in [-0.05, 0) is 55.4 Å². The van der Waals surface area contributed by atoms with Crippen LogP contribution in [0.1, 0.15) is 69.6 Å². The average molecular weight is 513 g/mol. The van der Waals surface area contributed by atoms with Crippen molar-refractivity contribution in [3.8, 4) is 11.8 Å². The maximum Gasteiger partial charge on any atom is 0.317 e. The van der Waals surface area contributed by atoms with E-state index in [0.717, 1.165) is 12.7 Å². The van der Waals surface area contributed by atoms with Gasteiger partial charge in [0.05, 0.1) is 26.4 Å². The van der Waals surface area contributed by atoms with Gasteiger partial charge in [-0.3, -0.25) is 24.0 Å². The Labute approximate surface area is 215 Å². The fraction of sp³-hybridized carbons (Fsp3) is 0.607. The van der Waals surface area contributed by atoms with Crippen LogP contribution in [-0.2, 0) is 38.2 Å². The standard InChI is InChI=1S/C28H32O9/c1-5-6-21-16(8-10-36-21)15-11-18-17(20(29)12-15)7-9-28(2)19(27(33)35-4)13-22(26(32)25(18)28)37-24(31)14-23(30)34-3/h8,10,15,17-19,22,25H,7,9,11-14H2,1-4H3. The second-order valence-electron chi connectivity index (χ2n) is 10.4. The van der Waals surface area contributed by atoms with Gasteiger partial charge in [-0.15, -0.1) is 0 Å². The van der Waals surface area contributed by atoms with Crippen LogP contribution in [0.25, 0.3) is 0 Å². The highest BCUT2D eigenvalue weighted by Crippen LogP contribution is 2.60. The van der Waals surface area contributed by atoms with Crippen molar-refractivity contribution in [1.82, 2.24) is 0 Å². The third kappa shape index (κ3) is 4.81. The molecule has 0 radical (unpaired) electrons. The summed E-state index contributed by atoms with van der Waals surface area (Å²) >= 11 is 0. The van der Waals surface area contributed by atoms with Gasteiger partial charge in [-0.2, -0.15) is 0 Å². The number of rotatable bonds is 5. The van der Waals surface area contributed by atoms with Crippen molar-refractivity contribution in [3.63, 3.8) is 0 Å². The van der Waals surface area contributed by atoms with Gasteiger partial charge in [0.2, 0.25) is 0 Å². The fourth-order valence-electron chi connectivity index (χ4n) is 6.89. The van der Waals surface area contributed by atoms with Crippen LogP contribution in [0.15, 0.2) is 16.7 Å². The van der Waals surface area contributed by atoms with E-state index in [-0.39, 0.29) is 35.7 Å². The highest BCUT2D eigenvalue weighted by Gasteiger charge is 2.62. The molecule has 0 amide bonds. The first kappa shape index (κ1) is 26.6. The van der Waals surface area contributed by atoms with E-state index in [4.69, 9.17) is 13.9 Å². The number of ketones is 2. The number of esters is 3. The quantitative estimate of drug-likeness (QED) is 0.253. The van der Waals surface area contributed by atoms with Crippen molar-refractivity contribution in [1.29, 1.82) is 0 Å². The Hall–Kier alpha value is -3.41. The molecule has 7 atom stereocenters. The molecule has 1 aromatic heterocycles. The molecule has 0 aromatic carbocycles. The predicted octanol–water partition coefficient (Wildman–Crippen LogP) is 2.98. The highest BCUT2D eigenvalue weighted by atomic mass is 16.6. The molecule has 0 spiro atoms. The highest BCUT2D eigenvalue weighted by molar-refractivity contribution is 5.96. The van der Waals surface area contributed by atoms with E-state index < -0.39 is 47.7 Å². The van der Waals surface area contributed by atoms with Crippen molar-refractivity contribution in [3.05, 3.63) is 23.7 Å². The third-order valence-corrected chi connectivity index (χ3v) is 8.59. The number of ether oxygens (including phenoxy) is 3. The van der Waals surface area contributed by atoms with Crippen molar-refractivity contribution >= 4 is 29.5 Å². The lowest BCUT2D eigenvalue weighted by Gasteiger charge is -2.56. The number of carbonyl (C=O) groups is 5. The first-order valence-electron chi connectivity index (χ1n) is 12.5. The van der Waals surface area contributed by atoms with Crippen LogP contribution in [0.3, 0.4) is 0 Å². The summed E-state index contributed by atoms with van der Waals surface area (Å²) in [5, 5.41) is 0. The summed E-state index contributed by atoms with van der Waals surface area (Å²) < 4.78 is 20.6. The van der Waals surface area contributed by atoms with Crippen molar-refractivity contribution in [2.24, 2.45) is 29.1 Å². The first-order valence-corrected chi connectivity index (χ1v) is 12.5. The number of fused-ring (bicyclic) bond motifs is 3. The number of hydrogen-bond acceptors (Lipinski definition) is 9. The maximum absolute atomic E-state index is 13.9. The minimum absolute atomic E-state index is 0.0296. The molecule has 0 saturated heterocycles. The molecule has 3 saturated carbocycles. The molecule has 3 aliphatic carbocycles. The summed E-state index contributed by atoms with van der Waals surface area (Å²) in [7, 11) is 2.44. The lowest BCUT2D eigenvalue weighted by Crippen LogP contribution is -2.60. The Kier molecular flexibility index (Phi) is 7.58. The third-order valence-electron chi connectivity index (χ3n) is 8.59. The normalized spacial score (nSPS) is 32.8. The fourth-order valence-corrected chi connectivity index (χ4v) is 6.89. The van der Waals surface area contributed by atoms with Gasteiger partial charge in [-0.25, -0.2) is 0 Å². The summed E-state index contributed by atoms with van der Waals surface area (Å²) in [6, 6.07) is 1.82. The van der Waals surface area contributed by atoms with Gasteiger partial charge in [-0.1, -0.05) is 12.8 Å². The summed E-state index contributed by atoms with van der Waals surface area (Å²) in [4.78, 5) is 64.2. The predicted molar refractivity (Wildman–Crippen MR) is 128 cm³/mol. The second-order valence-corrected chi connectivity index (χ2v) is 10.4. The Morgan fingerprint density at radius 3 is 2.57 bits per heavy atom. The second kappa shape index (κ2) is 10.5. The van der Waals surface area contributed by atoms with E-state index >= 15 is 0 Å². The minimum atomic E-state index is -1.22. The molecular weight excluding hydrogens is 480 g/mol. The van der Waals surface area contributed by atoms with Crippen molar-refractivity contribution in [2.75, 3.05) is 14.2 Å². The molecule has 198 valence electrons. The lowest BCUT2D eigenvalue weighted by atomic mass is 9.46. The molecule has 37 heavy (non-hydrogen) atoms. The Balaban J connectivity index is 1.69. The molecule has 0 bridgehead atoms. The summed E-state index contributed by atoms with van der Waals surface area (Å²) in [6.07, 6.45) is 1.60. The molecule has 1 heterocycles. The van der Waals surface area contributed by atoms with E-state index in [1.54, 1.807) is 13.2 Å². The summed E-state index contributed by atoms with van der Waals surface area (Å²) in [5.74, 6) is 1.61. The molecular formula is C28H32O9. The lowest BCUT2D eigenvalue weighted by molar-refractivity contribution is -0.185. The molecule has 3 fully saturated rings. The molecule has 0 aliphatic heterocycles. The average Bonchev–Trinajstić information content (AvgIpc) is 3.33. The van der Waals surface area contributed by atoms with Crippen molar-refractivity contribution < 1.29 is 42.6 Å². The Morgan fingerprint density at radius 1 is 1.14 bits per heavy atom. The van der Waals surface area contributed by atoms with Gasteiger partial charge in [0.25, 0.3) is 0 Å². The number of furan rings is 1. The van der Waals surface area contributed by atoms with Crippen LogP contribution in [0, 0.1) is 40.9 Å². The van der Waals surface area contributed by atoms with Gasteiger partial charge >= 0.3 is 17.9 Å². The molecule has 7 unspecified atom stereocenters. The zero-order valence-corrected chi connectivity index (χ0v) is 21.5. The van der Waals surface area contributed by atoms with Gasteiger partial charge in [0, 0.05) is 30.2 Å². The Bertz CT molecular complexity index is 1170. The molecule has 1 aromatic rings. The molecule has 9 nitrogen and oxygen atoms in total. The monoisotopic (exact) mass is 512 g/mol. The number of methoxy groups -OCH3 is 2. The van der Waals surface area contributed by atoms with Crippen LogP contribution in [0.5, 0.6) is 0 Å². The van der Waals surface area contributed by atoms with Crippen LogP contribution in [0.2, 0.25) is 0 Å². The molecule has 3 aliphatic rings. The number of hydrogen-bond donors (Lipinski definition) is 0. The Morgan fingerprint density at radius 2 is 1.89 bits per heavy atom. The van der Waals surface area contributed by atoms with E-state index in [9.17, 15) is 24.0 Å². The van der Waals surface area contributed by atoms with Crippen LogP contribution in [-0.4, -0.2) is 49.8 Å². The summed E-state index contributed by atoms with van der Waals surface area (Å²) in [6.45, 7) is 3.61. The largest absolute Gasteiger partial charge is 0.469 e. The zero-order valence-electron chi connectivity index (χ0n) is 21.5. The van der Waals surface area contributed by atoms with Gasteiger partial charge in [0.15, 0.2) is 17.6 Å². The van der Waals surface area contributed by atoms with Gasteiger partial charge in [0.1, 0.15) is 12.2 Å². The minimum Gasteiger partial charge on any atom is -0.469 e. The van der Waals surface area contributed by atoms with Crippen molar-refractivity contribution in [2.45, 2.75) is 64.4 Å². The molecule has 9 heteroatoms. The smallest absolute Gasteiger partial charge is 0.317 e. The SMILES string of the molecule is CC#Cc1occc1C1CC(=O)C2CCC3(C)C(C(=O)OC)CC(OC(=O)CC(=O)OC)C(=O)C3C2C1.